The average Bonchev–Trinajstić information content (AvgIpc) is 3.60. The number of amides is 1. The number of nitrogens with zero attached hydrogens (tertiary/aromatic N) is 5. The molecule has 2 fully saturated rings. The van der Waals surface area contributed by atoms with Crippen LogP contribution in [0.3, 0.4) is 0 Å². The summed E-state index contributed by atoms with van der Waals surface area (Å²) in [6.45, 7) is 4.00. The van der Waals surface area contributed by atoms with Crippen LogP contribution in [0.5, 0.6) is 0 Å². The highest BCUT2D eigenvalue weighted by molar-refractivity contribution is 5.97. The lowest BCUT2D eigenvalue weighted by molar-refractivity contribution is -0.0720. The van der Waals surface area contributed by atoms with Crippen LogP contribution in [0.4, 0.5) is 0 Å². The topological polar surface area (TPSA) is 84.1 Å². The Bertz CT molecular complexity index is 1640. The van der Waals surface area contributed by atoms with Crippen LogP contribution in [0, 0.1) is 0 Å². The van der Waals surface area contributed by atoms with E-state index in [4.69, 9.17) is 15.0 Å². The van der Waals surface area contributed by atoms with Gasteiger partial charge >= 0.3 is 0 Å². The zero-order valence-electron chi connectivity index (χ0n) is 22.0. The van der Waals surface area contributed by atoms with Gasteiger partial charge in [0, 0.05) is 42.4 Å². The second-order valence-electron chi connectivity index (χ2n) is 12.5. The summed E-state index contributed by atoms with van der Waals surface area (Å²) in [5.41, 5.74) is 6.65. The summed E-state index contributed by atoms with van der Waals surface area (Å²) >= 11 is 0. The number of carbonyl (C=O) groups excluding carboxylic acids is 1. The van der Waals surface area contributed by atoms with Gasteiger partial charge in [-0.15, -0.1) is 0 Å². The number of imidazole rings is 1. The molecule has 1 amide bonds. The van der Waals surface area contributed by atoms with Crippen molar-refractivity contribution in [1.82, 2.24) is 24.4 Å². The maximum Gasteiger partial charge on any atom is 0.254 e. The summed E-state index contributed by atoms with van der Waals surface area (Å²) in [5.74, 6) is 2.44. The number of rotatable bonds is 3. The molecule has 2 saturated carbocycles. The number of hydrogen-bond acceptors (Lipinski definition) is 5. The number of carbonyl (C=O) groups is 1. The molecule has 4 aromatic rings. The maximum atomic E-state index is 13.5. The average molecular weight is 506 g/mol. The van der Waals surface area contributed by atoms with Gasteiger partial charge in [0.05, 0.1) is 28.7 Å². The highest BCUT2D eigenvalue weighted by atomic mass is 16.3. The Morgan fingerprint density at radius 3 is 2.47 bits per heavy atom. The summed E-state index contributed by atoms with van der Waals surface area (Å²) < 4.78 is 2.39. The van der Waals surface area contributed by atoms with Gasteiger partial charge in [0.15, 0.2) is 0 Å². The van der Waals surface area contributed by atoms with Gasteiger partial charge in [-0.05, 0) is 73.4 Å². The Kier molecular flexibility index (Phi) is 4.30. The molecule has 38 heavy (non-hydrogen) atoms. The lowest BCUT2D eigenvalue weighted by Crippen LogP contribution is -2.51. The fraction of sp³-hybridized carbons (Fsp3) is 0.419. The van der Waals surface area contributed by atoms with Crippen molar-refractivity contribution < 1.29 is 9.90 Å². The van der Waals surface area contributed by atoms with Gasteiger partial charge in [0.25, 0.3) is 5.91 Å². The third-order valence-electron chi connectivity index (χ3n) is 9.35. The van der Waals surface area contributed by atoms with Crippen molar-refractivity contribution in [1.29, 1.82) is 0 Å². The largest absolute Gasteiger partial charge is 0.390 e. The molecule has 192 valence electrons. The Morgan fingerprint density at radius 2 is 1.76 bits per heavy atom. The van der Waals surface area contributed by atoms with Crippen molar-refractivity contribution in [2.45, 2.75) is 75.0 Å². The molecule has 1 N–H and O–H groups in total. The Hall–Kier alpha value is -3.58. The van der Waals surface area contributed by atoms with Crippen LogP contribution in [-0.2, 0) is 5.41 Å². The molecular weight excluding hydrogens is 474 g/mol. The smallest absolute Gasteiger partial charge is 0.254 e. The van der Waals surface area contributed by atoms with E-state index in [-0.39, 0.29) is 23.4 Å². The molecule has 7 heteroatoms. The van der Waals surface area contributed by atoms with Crippen molar-refractivity contribution in [3.63, 3.8) is 0 Å². The Morgan fingerprint density at radius 1 is 1.00 bits per heavy atom. The molecule has 0 saturated heterocycles. The lowest BCUT2D eigenvalue weighted by Gasteiger charge is -2.48. The molecule has 8 rings (SSSR count). The van der Waals surface area contributed by atoms with Crippen molar-refractivity contribution >= 4 is 16.9 Å². The van der Waals surface area contributed by atoms with E-state index < -0.39 is 5.60 Å². The summed E-state index contributed by atoms with van der Waals surface area (Å²) in [5, 5.41) is 10.2. The van der Waals surface area contributed by atoms with Gasteiger partial charge in [0.2, 0.25) is 0 Å². The molecule has 2 atom stereocenters. The second kappa shape index (κ2) is 7.29. The number of hydrogen-bond donors (Lipinski definition) is 1. The number of benzene rings is 2. The van der Waals surface area contributed by atoms with E-state index in [1.165, 1.54) is 24.0 Å². The molecule has 2 aliphatic carbocycles. The molecule has 2 aliphatic heterocycles. The van der Waals surface area contributed by atoms with Gasteiger partial charge in [-0.2, -0.15) is 0 Å². The molecular formula is C31H31N5O2. The van der Waals surface area contributed by atoms with Gasteiger partial charge in [-0.25, -0.2) is 15.0 Å². The van der Waals surface area contributed by atoms with Crippen LogP contribution >= 0.6 is 0 Å². The summed E-state index contributed by atoms with van der Waals surface area (Å²) in [6.07, 6.45) is 8.42. The first-order chi connectivity index (χ1) is 18.2. The molecule has 0 unspecified atom stereocenters. The molecule has 7 nitrogen and oxygen atoms in total. The monoisotopic (exact) mass is 505 g/mol. The van der Waals surface area contributed by atoms with E-state index in [0.29, 0.717) is 18.8 Å². The molecule has 0 spiro atoms. The molecule has 2 aromatic heterocycles. The van der Waals surface area contributed by atoms with Crippen LogP contribution in [0.2, 0.25) is 0 Å². The SMILES string of the molecule is CN1C(=O)c2cccc(C3CC3)c2[C@H]2C[C@@H]1c1nc3ccc(-c4cnc(C5(C)CC(C)(O)C5)nc4)cc3n12. The zero-order chi connectivity index (χ0) is 26.0. The molecule has 4 heterocycles. The van der Waals surface area contributed by atoms with E-state index in [1.54, 1.807) is 0 Å². The van der Waals surface area contributed by atoms with Crippen LogP contribution in [0.25, 0.3) is 22.2 Å². The first kappa shape index (κ1) is 22.4. The first-order valence-corrected chi connectivity index (χ1v) is 13.7. The predicted octanol–water partition coefficient (Wildman–Crippen LogP) is 5.29. The number of fused-ring (bicyclic) bond motifs is 9. The molecule has 0 radical (unpaired) electrons. The maximum absolute atomic E-state index is 13.5. The fourth-order valence-electron chi connectivity index (χ4n) is 7.65. The van der Waals surface area contributed by atoms with E-state index in [1.807, 2.05) is 37.3 Å². The van der Waals surface area contributed by atoms with E-state index in [0.717, 1.165) is 45.8 Å². The summed E-state index contributed by atoms with van der Waals surface area (Å²) in [4.78, 5) is 29.9. The quantitative estimate of drug-likeness (QED) is 0.409. The van der Waals surface area contributed by atoms with Gasteiger partial charge in [-0.1, -0.05) is 25.1 Å². The number of aromatic nitrogens is 4. The summed E-state index contributed by atoms with van der Waals surface area (Å²) in [7, 11) is 1.92. The van der Waals surface area contributed by atoms with Crippen LogP contribution in [0.1, 0.15) is 97.1 Å². The first-order valence-electron chi connectivity index (χ1n) is 13.7. The van der Waals surface area contributed by atoms with Gasteiger partial charge < -0.3 is 14.6 Å². The normalized spacial score (nSPS) is 29.7. The Balaban J connectivity index is 1.24. The van der Waals surface area contributed by atoms with E-state index in [2.05, 4.69) is 41.8 Å². The minimum Gasteiger partial charge on any atom is -0.390 e. The van der Waals surface area contributed by atoms with Crippen molar-refractivity contribution in [2.75, 3.05) is 7.05 Å². The third-order valence-corrected chi connectivity index (χ3v) is 9.35. The van der Waals surface area contributed by atoms with Crippen LogP contribution in [0.15, 0.2) is 48.8 Å². The van der Waals surface area contributed by atoms with Gasteiger partial charge in [0.1, 0.15) is 11.6 Å². The zero-order valence-corrected chi connectivity index (χ0v) is 22.0. The van der Waals surface area contributed by atoms with Crippen LogP contribution in [-0.4, -0.2) is 48.1 Å². The van der Waals surface area contributed by atoms with Crippen molar-refractivity contribution in [2.24, 2.45) is 0 Å². The minimum atomic E-state index is -0.627. The number of aliphatic hydroxyl groups is 1. The predicted molar refractivity (Wildman–Crippen MR) is 144 cm³/mol. The van der Waals surface area contributed by atoms with Crippen LogP contribution < -0.4 is 0 Å². The lowest BCUT2D eigenvalue weighted by atomic mass is 9.60. The third kappa shape index (κ3) is 3.05. The molecule has 4 aliphatic rings. The van der Waals surface area contributed by atoms with Crippen molar-refractivity contribution in [3.8, 4) is 11.1 Å². The molecule has 2 bridgehead atoms. The minimum absolute atomic E-state index is 0.0362. The highest BCUT2D eigenvalue weighted by Gasteiger charge is 2.50. The molecule has 2 aromatic carbocycles. The fourth-order valence-corrected chi connectivity index (χ4v) is 7.65. The van der Waals surface area contributed by atoms with E-state index >= 15 is 0 Å². The van der Waals surface area contributed by atoms with Crippen molar-refractivity contribution in [3.05, 3.63) is 77.1 Å². The standard InChI is InChI=1S/C31H31N5O2/c1-30(15-31(2,38)16-30)29-32-13-19(14-33-29)18-9-10-22-23(11-18)36-24-12-25(27(36)34-22)35(3)28(37)21-6-4-5-20(26(21)24)17-7-8-17/h4-6,9-11,13-14,17,24-25,38H,7-8,12,15-16H2,1-3H3/t24-,25-,30?,31?/m1/s1. The summed E-state index contributed by atoms with van der Waals surface area (Å²) in [6, 6.07) is 12.7. The Labute approximate surface area is 221 Å². The van der Waals surface area contributed by atoms with Gasteiger partial charge in [-0.3, -0.25) is 4.79 Å². The van der Waals surface area contributed by atoms with E-state index in [9.17, 15) is 9.90 Å². The highest BCUT2D eigenvalue weighted by Crippen LogP contribution is 2.52. The second-order valence-corrected chi connectivity index (χ2v) is 12.5.